The lowest BCUT2D eigenvalue weighted by Crippen LogP contribution is -2.43. The van der Waals surface area contributed by atoms with Gasteiger partial charge in [-0.15, -0.1) is 0 Å². The maximum absolute atomic E-state index is 14.1. The molecule has 1 unspecified atom stereocenters. The smallest absolute Gasteiger partial charge is 0.372 e. The number of anilines is 1. The molecule has 0 aromatic heterocycles. The molecule has 1 atom stereocenters. The van der Waals surface area contributed by atoms with Crippen LogP contribution in [0.2, 0.25) is 10.0 Å². The minimum atomic E-state index is -5.42. The van der Waals surface area contributed by atoms with Crippen molar-refractivity contribution in [3.05, 3.63) is 93.0 Å². The molecule has 0 radical (unpaired) electrons. The van der Waals surface area contributed by atoms with Gasteiger partial charge >= 0.3 is 12.4 Å². The van der Waals surface area contributed by atoms with Gasteiger partial charge in [-0.3, -0.25) is 4.31 Å². The largest absolute Gasteiger partial charge is 0.425 e. The Labute approximate surface area is 212 Å². The average Bonchev–Trinajstić information content (AvgIpc) is 2.78. The quantitative estimate of drug-likeness (QED) is 0.337. The van der Waals surface area contributed by atoms with Crippen LogP contribution in [0.5, 0.6) is 0 Å². The van der Waals surface area contributed by atoms with Crippen LogP contribution in [0.25, 0.3) is 0 Å². The zero-order valence-corrected chi connectivity index (χ0v) is 20.7. The van der Waals surface area contributed by atoms with Crippen molar-refractivity contribution in [1.29, 1.82) is 0 Å². The molecular weight excluding hydrogens is 555 g/mol. The number of hydrogen-bond donors (Lipinski definition) is 1. The van der Waals surface area contributed by atoms with Crippen LogP contribution in [0.15, 0.2) is 65.6 Å². The Morgan fingerprint density at radius 3 is 1.97 bits per heavy atom. The maximum atomic E-state index is 14.1. The zero-order valence-electron chi connectivity index (χ0n) is 18.4. The van der Waals surface area contributed by atoms with Gasteiger partial charge in [0, 0.05) is 12.1 Å². The van der Waals surface area contributed by atoms with Gasteiger partial charge in [-0.25, -0.2) is 8.42 Å². The highest BCUT2D eigenvalue weighted by molar-refractivity contribution is 7.93. The molecule has 0 saturated heterocycles. The lowest BCUT2D eigenvalue weighted by Gasteiger charge is -2.33. The van der Waals surface area contributed by atoms with E-state index >= 15 is 0 Å². The van der Waals surface area contributed by atoms with Gasteiger partial charge in [0.1, 0.15) is 4.90 Å². The van der Waals surface area contributed by atoms with Crippen LogP contribution in [0.1, 0.15) is 22.3 Å². The van der Waals surface area contributed by atoms with Gasteiger partial charge in [-0.05, 0) is 60.0 Å². The van der Waals surface area contributed by atoms with Crippen LogP contribution in [-0.2, 0) is 21.8 Å². The lowest BCUT2D eigenvalue weighted by molar-refractivity contribution is -0.248. The second kappa shape index (κ2) is 9.44. The number of aliphatic hydroxyl groups is 1. The summed E-state index contributed by atoms with van der Waals surface area (Å²) in [5, 5.41) is 10.7. The molecule has 13 heteroatoms. The molecule has 3 aromatic rings. The molecule has 0 aliphatic rings. The van der Waals surface area contributed by atoms with Crippen molar-refractivity contribution >= 4 is 38.9 Å². The van der Waals surface area contributed by atoms with Gasteiger partial charge < -0.3 is 5.11 Å². The van der Waals surface area contributed by atoms with E-state index < -0.39 is 44.7 Å². The van der Waals surface area contributed by atoms with Crippen molar-refractivity contribution in [3.8, 4) is 0 Å². The molecule has 1 N–H and O–H groups in total. The molecule has 36 heavy (non-hydrogen) atoms. The van der Waals surface area contributed by atoms with Crippen LogP contribution in [0, 0.1) is 6.92 Å². The molecule has 3 rings (SSSR count). The zero-order chi connectivity index (χ0) is 27.3. The summed E-state index contributed by atoms with van der Waals surface area (Å²) >= 11 is 11.9. The number of alkyl halides is 6. The summed E-state index contributed by atoms with van der Waals surface area (Å²) in [6.07, 6.45) is -10.4. The highest BCUT2D eigenvalue weighted by Gasteiger charge is 2.56. The molecule has 0 spiro atoms. The number of hydrogen-bond acceptors (Lipinski definition) is 3. The van der Waals surface area contributed by atoms with Crippen LogP contribution in [0.4, 0.5) is 32.0 Å². The van der Waals surface area contributed by atoms with Crippen molar-refractivity contribution in [2.75, 3.05) is 11.4 Å². The molecule has 0 heterocycles. The van der Waals surface area contributed by atoms with E-state index in [4.69, 9.17) is 23.2 Å². The minimum Gasteiger partial charge on any atom is -0.372 e. The number of sulfonamides is 1. The number of rotatable bonds is 5. The summed E-state index contributed by atoms with van der Waals surface area (Å²) < 4.78 is 109. The number of aryl methyl sites for hydroxylation is 1. The summed E-state index contributed by atoms with van der Waals surface area (Å²) in [5.74, 6) is 0. The molecule has 0 aliphatic heterocycles. The Hall–Kier alpha value is -2.47. The third-order valence-electron chi connectivity index (χ3n) is 5.50. The van der Waals surface area contributed by atoms with Crippen LogP contribution < -0.4 is 4.31 Å². The number of halogens is 8. The molecule has 4 nitrogen and oxygen atoms in total. The number of nitrogens with zero attached hydrogens (tertiary/aromatic N) is 1. The van der Waals surface area contributed by atoms with Crippen molar-refractivity contribution in [2.24, 2.45) is 0 Å². The fourth-order valence-electron chi connectivity index (χ4n) is 3.60. The monoisotopic (exact) mass is 571 g/mol. The van der Waals surface area contributed by atoms with E-state index in [1.54, 1.807) is 0 Å². The Bertz CT molecular complexity index is 1410. The first-order valence-electron chi connectivity index (χ1n) is 9.92. The van der Waals surface area contributed by atoms with E-state index in [0.29, 0.717) is 6.07 Å². The van der Waals surface area contributed by atoms with Gasteiger partial charge in [0.2, 0.25) is 5.60 Å². The normalized spacial score (nSPS) is 14.4. The second-order valence-electron chi connectivity index (χ2n) is 7.84. The molecule has 194 valence electrons. The van der Waals surface area contributed by atoms with Gasteiger partial charge in [-0.2, -0.15) is 26.3 Å². The third-order valence-corrected chi connectivity index (χ3v) is 7.99. The molecule has 0 amide bonds. The SMILES string of the molecule is Cc1cc(C(O)(c2cccc(C(F)(F)F)c2)C(F)(F)F)ccc1N(C)S(=O)(=O)c1cc(Cl)ccc1Cl. The Kier molecular flexibility index (Phi) is 7.37. The van der Waals surface area contributed by atoms with Gasteiger partial charge in [0.15, 0.2) is 0 Å². The topological polar surface area (TPSA) is 57.6 Å². The predicted octanol–water partition coefficient (Wildman–Crippen LogP) is 6.94. The molecule has 0 fully saturated rings. The first kappa shape index (κ1) is 28.1. The van der Waals surface area contributed by atoms with E-state index in [0.717, 1.165) is 47.8 Å². The molecular formula is C23H17Cl2F6NO3S. The first-order chi connectivity index (χ1) is 16.4. The van der Waals surface area contributed by atoms with E-state index in [2.05, 4.69) is 0 Å². The van der Waals surface area contributed by atoms with E-state index in [1.165, 1.54) is 19.1 Å². The van der Waals surface area contributed by atoms with Crippen molar-refractivity contribution < 1.29 is 39.9 Å². The highest BCUT2D eigenvalue weighted by atomic mass is 35.5. The summed E-state index contributed by atoms with van der Waals surface area (Å²) in [5.41, 5.74) is -7.13. The standard InChI is InChI=1S/C23H17Cl2F6NO3S/c1-13-10-15(21(33,23(29,30)31)14-4-3-5-16(11-14)22(26,27)28)6-9-19(13)32(2)36(34,35)20-12-17(24)7-8-18(20)25/h3-12,33H,1-2H3. The van der Waals surface area contributed by atoms with Crippen LogP contribution >= 0.6 is 23.2 Å². The Morgan fingerprint density at radius 1 is 0.833 bits per heavy atom. The van der Waals surface area contributed by atoms with Crippen LogP contribution in [-0.4, -0.2) is 26.7 Å². The van der Waals surface area contributed by atoms with E-state index in [-0.39, 0.29) is 32.3 Å². The van der Waals surface area contributed by atoms with Gasteiger partial charge in [0.25, 0.3) is 10.0 Å². The van der Waals surface area contributed by atoms with Crippen molar-refractivity contribution in [3.63, 3.8) is 0 Å². The fourth-order valence-corrected chi connectivity index (χ4v) is 5.60. The van der Waals surface area contributed by atoms with Gasteiger partial charge in [-0.1, -0.05) is 47.5 Å². The molecule has 3 aromatic carbocycles. The third kappa shape index (κ3) is 5.02. The Morgan fingerprint density at radius 2 is 1.42 bits per heavy atom. The average molecular weight is 572 g/mol. The summed E-state index contributed by atoms with van der Waals surface area (Å²) in [7, 11) is -3.18. The molecule has 0 bridgehead atoms. The lowest BCUT2D eigenvalue weighted by atomic mass is 9.84. The second-order valence-corrected chi connectivity index (χ2v) is 10.6. The predicted molar refractivity (Wildman–Crippen MR) is 124 cm³/mol. The van der Waals surface area contributed by atoms with Crippen LogP contribution in [0.3, 0.4) is 0 Å². The van der Waals surface area contributed by atoms with E-state index in [1.807, 2.05) is 0 Å². The summed E-state index contributed by atoms with van der Waals surface area (Å²) in [6, 6.07) is 8.67. The molecule has 0 saturated carbocycles. The first-order valence-corrected chi connectivity index (χ1v) is 12.1. The maximum Gasteiger partial charge on any atom is 0.425 e. The molecule has 0 aliphatic carbocycles. The number of benzene rings is 3. The highest BCUT2D eigenvalue weighted by Crippen LogP contribution is 2.46. The van der Waals surface area contributed by atoms with Gasteiger partial charge in [0.05, 0.1) is 16.3 Å². The minimum absolute atomic E-state index is 0.0219. The van der Waals surface area contributed by atoms with Crippen molar-refractivity contribution in [1.82, 2.24) is 0 Å². The Balaban J connectivity index is 2.14. The van der Waals surface area contributed by atoms with Crippen molar-refractivity contribution in [2.45, 2.75) is 29.8 Å². The summed E-state index contributed by atoms with van der Waals surface area (Å²) in [4.78, 5) is -0.349. The van der Waals surface area contributed by atoms with E-state index in [9.17, 15) is 39.9 Å². The fraction of sp³-hybridized carbons (Fsp3) is 0.217. The summed E-state index contributed by atoms with van der Waals surface area (Å²) in [6.45, 7) is 1.29.